The molecule has 1 rings (SSSR count). The maximum absolute atomic E-state index is 11.6. The fraction of sp³-hybridized carbons (Fsp3) is 0.562. The molecule has 0 aliphatic heterocycles. The Morgan fingerprint density at radius 3 is 2.17 bits per heavy atom. The van der Waals surface area contributed by atoms with Gasteiger partial charge in [-0.05, 0) is 56.1 Å². The van der Waals surface area contributed by atoms with Crippen molar-refractivity contribution in [1.29, 1.82) is 0 Å². The van der Waals surface area contributed by atoms with Gasteiger partial charge in [-0.3, -0.25) is 4.90 Å². The van der Waals surface area contributed by atoms with E-state index >= 15 is 0 Å². The summed E-state index contributed by atoms with van der Waals surface area (Å²) in [5.41, 5.74) is 0.634. The van der Waals surface area contributed by atoms with Crippen LogP contribution in [0, 0.1) is 0 Å². The summed E-state index contributed by atoms with van der Waals surface area (Å²) in [4.78, 5) is 13.7. The van der Waals surface area contributed by atoms with Gasteiger partial charge in [0.05, 0.1) is 10.5 Å². The van der Waals surface area contributed by atoms with Crippen molar-refractivity contribution in [3.05, 3.63) is 29.3 Å². The molecule has 7 heteroatoms. The molecule has 1 atom stereocenters. The summed E-state index contributed by atoms with van der Waals surface area (Å²) in [7, 11) is -3.87. The third kappa shape index (κ3) is 5.02. The van der Waals surface area contributed by atoms with Gasteiger partial charge in [0.1, 0.15) is 0 Å². The predicted molar refractivity (Wildman–Crippen MR) is 90.0 cm³/mol. The average molecular weight is 342 g/mol. The summed E-state index contributed by atoms with van der Waals surface area (Å²) in [6.07, 6.45) is 2.57. The van der Waals surface area contributed by atoms with Crippen LogP contribution in [0.2, 0.25) is 0 Å². The summed E-state index contributed by atoms with van der Waals surface area (Å²) in [5, 5.41) is 14.6. The number of carboxylic acid groups (broad SMARTS) is 1. The van der Waals surface area contributed by atoms with Gasteiger partial charge >= 0.3 is 5.97 Å². The molecule has 23 heavy (non-hydrogen) atoms. The van der Waals surface area contributed by atoms with Crippen molar-refractivity contribution in [2.24, 2.45) is 5.14 Å². The quantitative estimate of drug-likeness (QED) is 0.718. The zero-order valence-corrected chi connectivity index (χ0v) is 14.8. The van der Waals surface area contributed by atoms with Crippen LogP contribution in [-0.2, 0) is 10.0 Å². The minimum absolute atomic E-state index is 0.0519. The molecule has 0 amide bonds. The molecule has 3 N–H and O–H groups in total. The zero-order valence-electron chi connectivity index (χ0n) is 13.9. The maximum atomic E-state index is 11.6. The molecular formula is C16H26N2O4S. The second-order valence-corrected chi connectivity index (χ2v) is 7.12. The van der Waals surface area contributed by atoms with E-state index in [1.807, 2.05) is 6.92 Å². The lowest BCUT2D eigenvalue weighted by Crippen LogP contribution is -2.31. The van der Waals surface area contributed by atoms with Crippen molar-refractivity contribution in [3.8, 4) is 0 Å². The molecule has 0 aliphatic carbocycles. The van der Waals surface area contributed by atoms with Gasteiger partial charge in [-0.2, -0.15) is 0 Å². The number of carboxylic acids is 1. The number of benzene rings is 1. The first-order valence-corrected chi connectivity index (χ1v) is 9.44. The summed E-state index contributed by atoms with van der Waals surface area (Å²) < 4.78 is 23.2. The second-order valence-electron chi connectivity index (χ2n) is 5.56. The van der Waals surface area contributed by atoms with Crippen molar-refractivity contribution < 1.29 is 18.3 Å². The van der Waals surface area contributed by atoms with Crippen LogP contribution in [0.25, 0.3) is 0 Å². The lowest BCUT2D eigenvalue weighted by Gasteiger charge is -2.32. The van der Waals surface area contributed by atoms with Crippen molar-refractivity contribution in [3.63, 3.8) is 0 Å². The van der Waals surface area contributed by atoms with Gasteiger partial charge in [-0.25, -0.2) is 18.4 Å². The van der Waals surface area contributed by atoms with Crippen molar-refractivity contribution in [2.45, 2.75) is 51.0 Å². The Kier molecular flexibility index (Phi) is 7.18. The van der Waals surface area contributed by atoms with Crippen LogP contribution in [0.1, 0.15) is 62.0 Å². The summed E-state index contributed by atoms with van der Waals surface area (Å²) in [6.45, 7) is 7.75. The summed E-state index contributed by atoms with van der Waals surface area (Å²) in [6, 6.07) is 3.84. The number of rotatable bonds is 9. The Balaban J connectivity index is 3.46. The highest BCUT2D eigenvalue weighted by Gasteiger charge is 2.24. The number of hydrogen-bond donors (Lipinski definition) is 2. The Labute approximate surface area is 138 Å². The summed E-state index contributed by atoms with van der Waals surface area (Å²) in [5.74, 6) is -1.06. The van der Waals surface area contributed by atoms with Gasteiger partial charge in [-0.15, -0.1) is 0 Å². The highest BCUT2D eigenvalue weighted by atomic mass is 32.2. The molecule has 0 bridgehead atoms. The molecule has 6 nitrogen and oxygen atoms in total. The first-order valence-electron chi connectivity index (χ1n) is 7.90. The standard InChI is InChI=1S/C16H26N2O4S/c1-4-9-18(10-5-2)15(6-3)14-11-12(23(17,21)22)7-8-13(14)16(19)20/h7-8,11,15H,4-6,9-10H2,1-3H3,(H,19,20)(H2,17,21,22). The minimum Gasteiger partial charge on any atom is -0.478 e. The highest BCUT2D eigenvalue weighted by molar-refractivity contribution is 7.89. The predicted octanol–water partition coefficient (Wildman–Crippen LogP) is 2.61. The van der Waals surface area contributed by atoms with Crippen LogP contribution in [0.15, 0.2) is 23.1 Å². The number of nitrogens with two attached hydrogens (primary N) is 1. The van der Waals surface area contributed by atoms with Crippen LogP contribution in [0.5, 0.6) is 0 Å². The molecular weight excluding hydrogens is 316 g/mol. The van der Waals surface area contributed by atoms with Gasteiger partial charge in [0.15, 0.2) is 0 Å². The molecule has 0 aliphatic rings. The molecule has 1 unspecified atom stereocenters. The lowest BCUT2D eigenvalue weighted by molar-refractivity contribution is 0.0691. The van der Waals surface area contributed by atoms with Gasteiger partial charge < -0.3 is 5.11 Å². The van der Waals surface area contributed by atoms with Gasteiger partial charge in [0.2, 0.25) is 10.0 Å². The van der Waals surface area contributed by atoms with E-state index in [4.69, 9.17) is 5.14 Å². The molecule has 0 saturated carbocycles. The first-order chi connectivity index (χ1) is 10.8. The number of hydrogen-bond acceptors (Lipinski definition) is 4. The van der Waals surface area contributed by atoms with E-state index in [1.165, 1.54) is 18.2 Å². The number of aromatic carboxylic acids is 1. The largest absolute Gasteiger partial charge is 0.478 e. The maximum Gasteiger partial charge on any atom is 0.336 e. The number of primary sulfonamides is 1. The first kappa shape index (κ1) is 19.6. The third-order valence-corrected chi connectivity index (χ3v) is 4.70. The number of nitrogens with zero attached hydrogens (tertiary/aromatic N) is 1. The van der Waals surface area contributed by atoms with Gasteiger partial charge in [-0.1, -0.05) is 20.8 Å². The topological polar surface area (TPSA) is 101 Å². The Hall–Kier alpha value is -1.44. The van der Waals surface area contributed by atoms with Gasteiger partial charge in [0, 0.05) is 6.04 Å². The number of sulfonamides is 1. The van der Waals surface area contributed by atoms with Crippen LogP contribution >= 0.6 is 0 Å². The Morgan fingerprint density at radius 2 is 1.78 bits per heavy atom. The Bertz CT molecular complexity index is 637. The third-order valence-electron chi connectivity index (χ3n) is 3.79. The van der Waals surface area contributed by atoms with Crippen molar-refractivity contribution in [1.82, 2.24) is 4.90 Å². The van der Waals surface area contributed by atoms with Crippen LogP contribution in [0.4, 0.5) is 0 Å². The molecule has 130 valence electrons. The van der Waals surface area contributed by atoms with Crippen LogP contribution in [0.3, 0.4) is 0 Å². The van der Waals surface area contributed by atoms with Crippen molar-refractivity contribution in [2.75, 3.05) is 13.1 Å². The summed E-state index contributed by atoms with van der Waals surface area (Å²) >= 11 is 0. The minimum atomic E-state index is -3.87. The van der Waals surface area contributed by atoms with E-state index in [9.17, 15) is 18.3 Å². The lowest BCUT2D eigenvalue weighted by atomic mass is 9.96. The van der Waals surface area contributed by atoms with E-state index in [1.54, 1.807) is 0 Å². The van der Waals surface area contributed by atoms with Crippen LogP contribution in [-0.4, -0.2) is 37.5 Å². The monoisotopic (exact) mass is 342 g/mol. The molecule has 1 aromatic rings. The van der Waals surface area contributed by atoms with E-state index in [0.29, 0.717) is 12.0 Å². The average Bonchev–Trinajstić information content (AvgIpc) is 2.47. The molecule has 1 aromatic carbocycles. The van der Waals surface area contributed by atoms with E-state index in [-0.39, 0.29) is 16.5 Å². The zero-order chi connectivity index (χ0) is 17.6. The Morgan fingerprint density at radius 1 is 1.22 bits per heavy atom. The van der Waals surface area contributed by atoms with Gasteiger partial charge in [0.25, 0.3) is 0 Å². The SMILES string of the molecule is CCCN(CCC)C(CC)c1cc(S(N)(=O)=O)ccc1C(=O)O. The second kappa shape index (κ2) is 8.42. The number of carbonyl (C=O) groups is 1. The van der Waals surface area contributed by atoms with Crippen molar-refractivity contribution >= 4 is 16.0 Å². The molecule has 0 radical (unpaired) electrons. The molecule has 0 saturated heterocycles. The molecule has 0 fully saturated rings. The van der Waals surface area contributed by atoms with E-state index in [2.05, 4.69) is 18.7 Å². The van der Waals surface area contributed by atoms with Crippen LogP contribution < -0.4 is 5.14 Å². The van der Waals surface area contributed by atoms with E-state index < -0.39 is 16.0 Å². The fourth-order valence-corrected chi connectivity index (χ4v) is 3.41. The molecule has 0 heterocycles. The normalized spacial score (nSPS) is 13.3. The highest BCUT2D eigenvalue weighted by Crippen LogP contribution is 2.29. The smallest absolute Gasteiger partial charge is 0.336 e. The molecule has 0 spiro atoms. The molecule has 0 aromatic heterocycles. The van der Waals surface area contributed by atoms with E-state index in [0.717, 1.165) is 25.9 Å². The fourth-order valence-electron chi connectivity index (χ4n) is 2.86.